The van der Waals surface area contributed by atoms with Gasteiger partial charge in [0.1, 0.15) is 23.8 Å². The number of benzene rings is 1. The number of nitrogens with two attached hydrogens (primary N) is 1. The van der Waals surface area contributed by atoms with Crippen LogP contribution in [0.15, 0.2) is 48.9 Å². The first-order chi connectivity index (χ1) is 17.7. The van der Waals surface area contributed by atoms with Gasteiger partial charge in [-0.05, 0) is 37.1 Å². The first-order valence-corrected chi connectivity index (χ1v) is 12.1. The molecule has 1 fully saturated rings. The van der Waals surface area contributed by atoms with Gasteiger partial charge in [0.05, 0.1) is 16.8 Å². The minimum Gasteiger partial charge on any atom is -0.383 e. The van der Waals surface area contributed by atoms with E-state index in [0.717, 1.165) is 44.0 Å². The molecule has 4 rings (SSSR count). The molecule has 1 aliphatic rings. The quantitative estimate of drug-likeness (QED) is 0.303. The summed E-state index contributed by atoms with van der Waals surface area (Å²) < 4.78 is 38.7. The minimum atomic E-state index is -4.54. The van der Waals surface area contributed by atoms with Crippen LogP contribution in [0.1, 0.15) is 73.0 Å². The van der Waals surface area contributed by atoms with Crippen LogP contribution in [0.2, 0.25) is 0 Å². The Hall–Kier alpha value is -4.02. The van der Waals surface area contributed by atoms with Gasteiger partial charge >= 0.3 is 6.18 Å². The normalized spacial score (nSPS) is 13.8. The van der Waals surface area contributed by atoms with Crippen molar-refractivity contribution in [3.63, 3.8) is 0 Å². The van der Waals surface area contributed by atoms with Crippen molar-refractivity contribution in [2.24, 2.45) is 0 Å². The zero-order chi connectivity index (χ0) is 27.0. The average molecular weight is 514 g/mol. The first-order valence-electron chi connectivity index (χ1n) is 12.1. The number of hydrogen-bond donors (Lipinski definition) is 4. The Morgan fingerprint density at radius 1 is 1.00 bits per heavy atom. The van der Waals surface area contributed by atoms with Crippen molar-refractivity contribution < 1.29 is 18.0 Å². The lowest BCUT2D eigenvalue weighted by molar-refractivity contribution is -0.137. The predicted molar refractivity (Wildman–Crippen MR) is 138 cm³/mol. The van der Waals surface area contributed by atoms with Gasteiger partial charge in [0, 0.05) is 23.4 Å². The molecule has 2 heterocycles. The molecule has 1 aliphatic carbocycles. The van der Waals surface area contributed by atoms with Crippen molar-refractivity contribution >= 4 is 29.1 Å². The fourth-order valence-electron chi connectivity index (χ4n) is 3.99. The monoisotopic (exact) mass is 513 g/mol. The van der Waals surface area contributed by atoms with Gasteiger partial charge in [0.2, 0.25) is 0 Å². The zero-order valence-corrected chi connectivity index (χ0v) is 20.7. The van der Waals surface area contributed by atoms with E-state index in [1.165, 1.54) is 24.9 Å². The summed E-state index contributed by atoms with van der Waals surface area (Å²) in [4.78, 5) is 24.6. The number of anilines is 3. The average Bonchev–Trinajstić information content (AvgIpc) is 2.90. The minimum absolute atomic E-state index is 0.0907. The van der Waals surface area contributed by atoms with Crippen molar-refractivity contribution in [2.45, 2.75) is 58.2 Å². The van der Waals surface area contributed by atoms with E-state index in [0.29, 0.717) is 16.9 Å². The number of carbonyl (C=O) groups is 1. The summed E-state index contributed by atoms with van der Waals surface area (Å²) >= 11 is 0. The number of rotatable bonds is 6. The highest BCUT2D eigenvalue weighted by Crippen LogP contribution is 2.30. The Morgan fingerprint density at radius 2 is 1.65 bits per heavy atom. The highest BCUT2D eigenvalue weighted by atomic mass is 19.4. The van der Waals surface area contributed by atoms with Gasteiger partial charge in [0.15, 0.2) is 0 Å². The third-order valence-corrected chi connectivity index (χ3v) is 5.84. The molecule has 0 aliphatic heterocycles. The summed E-state index contributed by atoms with van der Waals surface area (Å²) in [6.45, 7) is 4.00. The first kappa shape index (κ1) is 27.6. The van der Waals surface area contributed by atoms with Crippen molar-refractivity contribution in [3.8, 4) is 0 Å². The number of nitrogen functional groups attached to an aromatic ring is 1. The SMILES string of the molecule is CC.N=C(c1ccc(C(=O)Nc2cc(C(F)(F)F)ccn2)cc1)c1c(N)ncnc1NC1CCCCC1. The Bertz CT molecular complexity index is 1220. The van der Waals surface area contributed by atoms with Crippen LogP contribution >= 0.6 is 0 Å². The van der Waals surface area contributed by atoms with Crippen LogP contribution in [0.5, 0.6) is 0 Å². The van der Waals surface area contributed by atoms with Crippen LogP contribution in [0.3, 0.4) is 0 Å². The second-order valence-electron chi connectivity index (χ2n) is 8.30. The van der Waals surface area contributed by atoms with Crippen LogP contribution in [0.4, 0.5) is 30.6 Å². The molecule has 5 N–H and O–H groups in total. The molecule has 1 aromatic carbocycles. The molecular formula is C26H30F3N7O. The molecule has 8 nitrogen and oxygen atoms in total. The molecule has 3 aromatic rings. The van der Waals surface area contributed by atoms with E-state index in [1.807, 2.05) is 13.8 Å². The van der Waals surface area contributed by atoms with Gasteiger partial charge < -0.3 is 16.4 Å². The third kappa shape index (κ3) is 7.02. The van der Waals surface area contributed by atoms with Crippen LogP contribution in [0.25, 0.3) is 0 Å². The fourth-order valence-corrected chi connectivity index (χ4v) is 3.99. The van der Waals surface area contributed by atoms with Crippen molar-refractivity contribution in [1.29, 1.82) is 5.41 Å². The molecule has 11 heteroatoms. The summed E-state index contributed by atoms with van der Waals surface area (Å²) in [5.74, 6) is -0.181. The molecule has 0 bridgehead atoms. The van der Waals surface area contributed by atoms with Gasteiger partial charge in [0.25, 0.3) is 5.91 Å². The number of hydrogen-bond acceptors (Lipinski definition) is 7. The predicted octanol–water partition coefficient (Wildman–Crippen LogP) is 5.91. The van der Waals surface area contributed by atoms with E-state index in [9.17, 15) is 18.0 Å². The number of halogens is 3. The standard InChI is InChI=1S/C24H24F3N7O.C2H6/c25-24(26,27)16-10-11-30-18(12-16)34-23(35)15-8-6-14(7-9-15)20(28)19-21(29)31-13-32-22(19)33-17-4-2-1-3-5-17;1-2/h6-13,17,28H,1-5H2,(H,30,34,35)(H3,29,31,32,33);1-2H3. The summed E-state index contributed by atoms with van der Waals surface area (Å²) in [5, 5.41) is 14.4. The molecule has 1 saturated carbocycles. The van der Waals surface area contributed by atoms with Crippen molar-refractivity contribution in [2.75, 3.05) is 16.4 Å². The summed E-state index contributed by atoms with van der Waals surface area (Å²) in [6.07, 6.45) is 3.28. The summed E-state index contributed by atoms with van der Waals surface area (Å²) in [7, 11) is 0. The topological polar surface area (TPSA) is 130 Å². The van der Waals surface area contributed by atoms with Crippen molar-refractivity contribution in [1.82, 2.24) is 15.0 Å². The molecule has 196 valence electrons. The lowest BCUT2D eigenvalue weighted by atomic mass is 9.95. The molecule has 2 aromatic heterocycles. The number of aromatic nitrogens is 3. The summed E-state index contributed by atoms with van der Waals surface area (Å²) in [5.41, 5.74) is 6.32. The van der Waals surface area contributed by atoms with Crippen molar-refractivity contribution in [3.05, 3.63) is 71.2 Å². The maximum atomic E-state index is 12.9. The molecule has 0 radical (unpaired) electrons. The molecule has 0 atom stereocenters. The molecule has 1 amide bonds. The number of alkyl halides is 3. The second kappa shape index (κ2) is 12.3. The van der Waals surface area contributed by atoms with Gasteiger partial charge in [-0.1, -0.05) is 45.2 Å². The molecule has 0 unspecified atom stereocenters. The maximum absolute atomic E-state index is 12.9. The van der Waals surface area contributed by atoms with Gasteiger partial charge in [-0.25, -0.2) is 15.0 Å². The molecule has 0 spiro atoms. The van der Waals surface area contributed by atoms with E-state index < -0.39 is 17.6 Å². The van der Waals surface area contributed by atoms with Gasteiger partial charge in [-0.15, -0.1) is 0 Å². The second-order valence-corrected chi connectivity index (χ2v) is 8.30. The highest BCUT2D eigenvalue weighted by Gasteiger charge is 2.31. The molecular weight excluding hydrogens is 483 g/mol. The van der Waals surface area contributed by atoms with E-state index in [2.05, 4.69) is 25.6 Å². The lowest BCUT2D eigenvalue weighted by Crippen LogP contribution is -2.25. The highest BCUT2D eigenvalue weighted by molar-refractivity contribution is 6.16. The van der Waals surface area contributed by atoms with E-state index in [-0.39, 0.29) is 29.0 Å². The lowest BCUT2D eigenvalue weighted by Gasteiger charge is -2.24. The number of nitrogens with zero attached hydrogens (tertiary/aromatic N) is 3. The van der Waals surface area contributed by atoms with Gasteiger partial charge in [-0.3, -0.25) is 10.2 Å². The maximum Gasteiger partial charge on any atom is 0.416 e. The van der Waals surface area contributed by atoms with E-state index >= 15 is 0 Å². The van der Waals surface area contributed by atoms with Crippen LogP contribution in [-0.4, -0.2) is 32.6 Å². The number of pyridine rings is 1. The Balaban J connectivity index is 0.00000186. The van der Waals surface area contributed by atoms with Crippen LogP contribution < -0.4 is 16.4 Å². The Kier molecular flexibility index (Phi) is 9.15. The number of carbonyl (C=O) groups excluding carboxylic acids is 1. The smallest absolute Gasteiger partial charge is 0.383 e. The van der Waals surface area contributed by atoms with E-state index in [4.69, 9.17) is 11.1 Å². The van der Waals surface area contributed by atoms with E-state index in [1.54, 1.807) is 12.1 Å². The molecule has 37 heavy (non-hydrogen) atoms. The van der Waals surface area contributed by atoms with Crippen LogP contribution in [0, 0.1) is 5.41 Å². The third-order valence-electron chi connectivity index (χ3n) is 5.84. The fraction of sp³-hybridized carbons (Fsp3) is 0.346. The largest absolute Gasteiger partial charge is 0.416 e. The zero-order valence-electron chi connectivity index (χ0n) is 20.7. The molecule has 0 saturated heterocycles. The van der Waals surface area contributed by atoms with Gasteiger partial charge in [-0.2, -0.15) is 13.2 Å². The Morgan fingerprint density at radius 3 is 2.30 bits per heavy atom. The number of nitrogens with one attached hydrogen (secondary N) is 3. The van der Waals surface area contributed by atoms with Crippen LogP contribution in [-0.2, 0) is 6.18 Å². The summed E-state index contributed by atoms with van der Waals surface area (Å²) in [6, 6.07) is 7.91. The number of amides is 1. The Labute approximate surface area is 213 Å².